The van der Waals surface area contributed by atoms with Gasteiger partial charge in [0, 0.05) is 37.5 Å². The van der Waals surface area contributed by atoms with E-state index < -0.39 is 0 Å². The molecule has 1 aliphatic carbocycles. The summed E-state index contributed by atoms with van der Waals surface area (Å²) in [5.74, 6) is 2.44. The lowest BCUT2D eigenvalue weighted by molar-refractivity contribution is 0.768. The van der Waals surface area contributed by atoms with Crippen LogP contribution in [0, 0.1) is 0 Å². The zero-order valence-corrected chi connectivity index (χ0v) is 13.1. The van der Waals surface area contributed by atoms with Crippen molar-refractivity contribution in [1.29, 1.82) is 0 Å². The summed E-state index contributed by atoms with van der Waals surface area (Å²) in [5, 5.41) is 7.63. The van der Waals surface area contributed by atoms with Gasteiger partial charge in [-0.05, 0) is 36.1 Å². The van der Waals surface area contributed by atoms with Crippen molar-refractivity contribution < 1.29 is 0 Å². The summed E-state index contributed by atoms with van der Waals surface area (Å²) in [6.45, 7) is 0.745. The van der Waals surface area contributed by atoms with E-state index in [0.717, 1.165) is 23.8 Å². The summed E-state index contributed by atoms with van der Waals surface area (Å²) >= 11 is 0. The Labute approximate surface area is 135 Å². The Bertz CT molecular complexity index is 820. The summed E-state index contributed by atoms with van der Waals surface area (Å²) in [7, 11) is 1.93. The smallest absolute Gasteiger partial charge is 0.133 e. The van der Waals surface area contributed by atoms with Gasteiger partial charge in [-0.2, -0.15) is 5.10 Å². The summed E-state index contributed by atoms with van der Waals surface area (Å²) in [6.07, 6.45) is 8.19. The van der Waals surface area contributed by atoms with Gasteiger partial charge in [0.1, 0.15) is 11.6 Å². The van der Waals surface area contributed by atoms with Crippen LogP contribution in [0.1, 0.15) is 30.1 Å². The molecule has 0 spiro atoms. The minimum Gasteiger partial charge on any atom is -0.366 e. The average Bonchev–Trinajstić information content (AvgIpc) is 3.35. The summed E-state index contributed by atoms with van der Waals surface area (Å²) in [4.78, 5) is 8.95. The van der Waals surface area contributed by atoms with Crippen molar-refractivity contribution >= 4 is 5.82 Å². The standard InChI is InChI=1S/C18H19N5/c1-23-12-16(11-21-23)15-4-2-3-13(9-15)10-20-17-7-8-19-18(22-17)14-5-6-14/h2-4,7-9,11-12,14H,5-6,10H2,1H3,(H,19,20,22). The first-order valence-corrected chi connectivity index (χ1v) is 7.93. The van der Waals surface area contributed by atoms with Crippen LogP contribution in [0.5, 0.6) is 0 Å². The van der Waals surface area contributed by atoms with E-state index in [1.165, 1.54) is 24.0 Å². The predicted molar refractivity (Wildman–Crippen MR) is 90.0 cm³/mol. The van der Waals surface area contributed by atoms with Crippen molar-refractivity contribution in [2.45, 2.75) is 25.3 Å². The maximum absolute atomic E-state index is 4.60. The Morgan fingerprint density at radius 2 is 2.13 bits per heavy atom. The maximum atomic E-state index is 4.60. The molecule has 2 aromatic heterocycles. The second-order valence-electron chi connectivity index (χ2n) is 6.03. The fraction of sp³-hybridized carbons (Fsp3) is 0.278. The van der Waals surface area contributed by atoms with Crippen LogP contribution < -0.4 is 5.32 Å². The first-order valence-electron chi connectivity index (χ1n) is 7.93. The van der Waals surface area contributed by atoms with E-state index in [1.807, 2.05) is 36.4 Å². The Hall–Kier alpha value is -2.69. The summed E-state index contributed by atoms with van der Waals surface area (Å²) < 4.78 is 1.82. The van der Waals surface area contributed by atoms with Crippen molar-refractivity contribution in [3.05, 3.63) is 60.3 Å². The van der Waals surface area contributed by atoms with Gasteiger partial charge in [0.2, 0.25) is 0 Å². The Morgan fingerprint density at radius 1 is 1.22 bits per heavy atom. The molecule has 1 N–H and O–H groups in total. The molecule has 0 aliphatic heterocycles. The van der Waals surface area contributed by atoms with Crippen LogP contribution in [-0.2, 0) is 13.6 Å². The molecule has 5 heteroatoms. The number of hydrogen-bond acceptors (Lipinski definition) is 4. The van der Waals surface area contributed by atoms with Crippen molar-refractivity contribution in [3.8, 4) is 11.1 Å². The van der Waals surface area contributed by atoms with Gasteiger partial charge in [-0.3, -0.25) is 4.68 Å². The molecule has 1 aromatic carbocycles. The zero-order chi connectivity index (χ0) is 15.6. The van der Waals surface area contributed by atoms with E-state index in [0.29, 0.717) is 5.92 Å². The van der Waals surface area contributed by atoms with E-state index in [4.69, 9.17) is 0 Å². The minimum atomic E-state index is 0.575. The largest absolute Gasteiger partial charge is 0.366 e. The van der Waals surface area contributed by atoms with Crippen molar-refractivity contribution in [3.63, 3.8) is 0 Å². The molecule has 5 nitrogen and oxygen atoms in total. The molecular formula is C18H19N5. The number of nitrogens with one attached hydrogen (secondary N) is 1. The number of anilines is 1. The molecule has 116 valence electrons. The molecule has 4 rings (SSSR count). The van der Waals surface area contributed by atoms with Crippen LogP contribution in [0.15, 0.2) is 48.9 Å². The predicted octanol–water partition coefficient (Wildman–Crippen LogP) is 3.37. The van der Waals surface area contributed by atoms with Gasteiger partial charge in [0.25, 0.3) is 0 Å². The van der Waals surface area contributed by atoms with Gasteiger partial charge < -0.3 is 5.32 Å². The Kier molecular flexibility index (Phi) is 3.54. The third-order valence-electron chi connectivity index (χ3n) is 4.06. The van der Waals surface area contributed by atoms with Crippen molar-refractivity contribution in [1.82, 2.24) is 19.7 Å². The van der Waals surface area contributed by atoms with Gasteiger partial charge >= 0.3 is 0 Å². The quantitative estimate of drug-likeness (QED) is 0.785. The van der Waals surface area contributed by atoms with Crippen LogP contribution in [0.2, 0.25) is 0 Å². The molecule has 3 aromatic rings. The van der Waals surface area contributed by atoms with E-state index >= 15 is 0 Å². The third kappa shape index (κ3) is 3.23. The van der Waals surface area contributed by atoms with Gasteiger partial charge in [0.05, 0.1) is 6.20 Å². The van der Waals surface area contributed by atoms with Gasteiger partial charge in [-0.1, -0.05) is 18.2 Å². The fourth-order valence-corrected chi connectivity index (χ4v) is 2.63. The lowest BCUT2D eigenvalue weighted by atomic mass is 10.1. The van der Waals surface area contributed by atoms with E-state index in [-0.39, 0.29) is 0 Å². The normalized spacial score (nSPS) is 14.0. The lowest BCUT2D eigenvalue weighted by Gasteiger charge is -2.08. The maximum Gasteiger partial charge on any atom is 0.133 e. The highest BCUT2D eigenvalue weighted by molar-refractivity contribution is 5.62. The van der Waals surface area contributed by atoms with Gasteiger partial charge in [-0.25, -0.2) is 9.97 Å². The second-order valence-corrected chi connectivity index (χ2v) is 6.03. The molecule has 1 fully saturated rings. The second kappa shape index (κ2) is 5.83. The average molecular weight is 305 g/mol. The van der Waals surface area contributed by atoms with Crippen molar-refractivity contribution in [2.24, 2.45) is 7.05 Å². The van der Waals surface area contributed by atoms with Crippen LogP contribution in [0.4, 0.5) is 5.82 Å². The summed E-state index contributed by atoms with van der Waals surface area (Å²) in [6, 6.07) is 10.4. The topological polar surface area (TPSA) is 55.6 Å². The highest BCUT2D eigenvalue weighted by Crippen LogP contribution is 2.38. The lowest BCUT2D eigenvalue weighted by Crippen LogP contribution is -2.03. The Morgan fingerprint density at radius 3 is 2.91 bits per heavy atom. The number of benzene rings is 1. The van der Waals surface area contributed by atoms with Crippen LogP contribution >= 0.6 is 0 Å². The zero-order valence-electron chi connectivity index (χ0n) is 13.1. The number of aromatic nitrogens is 4. The molecule has 0 amide bonds. The SMILES string of the molecule is Cn1cc(-c2cccc(CNc3ccnc(C4CC4)n3)c2)cn1. The highest BCUT2D eigenvalue weighted by atomic mass is 15.2. The van der Waals surface area contributed by atoms with Gasteiger partial charge in [-0.15, -0.1) is 0 Å². The number of nitrogens with zero attached hydrogens (tertiary/aromatic N) is 4. The molecule has 0 radical (unpaired) electrons. The number of hydrogen-bond donors (Lipinski definition) is 1. The first-order chi connectivity index (χ1) is 11.3. The molecule has 0 saturated heterocycles. The van der Waals surface area contributed by atoms with Crippen LogP contribution in [0.3, 0.4) is 0 Å². The van der Waals surface area contributed by atoms with E-state index in [2.05, 4.69) is 44.6 Å². The monoisotopic (exact) mass is 305 g/mol. The number of aryl methyl sites for hydroxylation is 1. The Balaban J connectivity index is 1.47. The summed E-state index contributed by atoms with van der Waals surface area (Å²) in [5.41, 5.74) is 3.53. The number of rotatable bonds is 5. The minimum absolute atomic E-state index is 0.575. The third-order valence-corrected chi connectivity index (χ3v) is 4.06. The van der Waals surface area contributed by atoms with Gasteiger partial charge in [0.15, 0.2) is 0 Å². The van der Waals surface area contributed by atoms with Crippen LogP contribution in [0.25, 0.3) is 11.1 Å². The molecule has 1 saturated carbocycles. The molecule has 1 aliphatic rings. The molecule has 2 heterocycles. The molecule has 0 unspecified atom stereocenters. The van der Waals surface area contributed by atoms with Crippen molar-refractivity contribution in [2.75, 3.05) is 5.32 Å². The fourth-order valence-electron chi connectivity index (χ4n) is 2.63. The molecule has 23 heavy (non-hydrogen) atoms. The van der Waals surface area contributed by atoms with E-state index in [1.54, 1.807) is 0 Å². The molecular weight excluding hydrogens is 286 g/mol. The van der Waals surface area contributed by atoms with Crippen LogP contribution in [-0.4, -0.2) is 19.7 Å². The highest BCUT2D eigenvalue weighted by Gasteiger charge is 2.26. The first kappa shape index (κ1) is 13.9. The molecule has 0 atom stereocenters. The molecule has 0 bridgehead atoms. The van der Waals surface area contributed by atoms with E-state index in [9.17, 15) is 0 Å².